The first-order chi connectivity index (χ1) is 14.5. The van der Waals surface area contributed by atoms with Crippen molar-refractivity contribution in [3.63, 3.8) is 0 Å². The van der Waals surface area contributed by atoms with E-state index >= 15 is 0 Å². The number of ether oxygens (including phenoxy) is 1. The fourth-order valence-electron chi connectivity index (χ4n) is 5.46. The summed E-state index contributed by atoms with van der Waals surface area (Å²) >= 11 is 0. The van der Waals surface area contributed by atoms with Crippen LogP contribution in [-0.2, 0) is 9.30 Å². The van der Waals surface area contributed by atoms with Crippen LogP contribution < -0.4 is 10.6 Å². The lowest BCUT2D eigenvalue weighted by atomic mass is 9.74. The third-order valence-electron chi connectivity index (χ3n) is 6.86. The van der Waals surface area contributed by atoms with Crippen molar-refractivity contribution in [2.24, 2.45) is 17.8 Å². The lowest BCUT2D eigenvalue weighted by Gasteiger charge is -2.40. The topological polar surface area (TPSA) is 29.5 Å². The Labute approximate surface area is 181 Å². The molecule has 0 aromatic heterocycles. The average Bonchev–Trinajstić information content (AvgIpc) is 3.21. The Kier molecular flexibility index (Phi) is 6.63. The molecule has 160 valence electrons. The first kappa shape index (κ1) is 21.6. The first-order valence-corrected chi connectivity index (χ1v) is 13.1. The Balaban J connectivity index is 1.56. The van der Waals surface area contributed by atoms with Crippen molar-refractivity contribution in [3.8, 4) is 0 Å². The van der Waals surface area contributed by atoms with Gasteiger partial charge in [0.15, 0.2) is 0 Å². The van der Waals surface area contributed by atoms with E-state index in [-0.39, 0.29) is 6.23 Å². The van der Waals surface area contributed by atoms with Gasteiger partial charge in [0.05, 0.1) is 6.61 Å². The van der Waals surface area contributed by atoms with Crippen molar-refractivity contribution in [1.29, 1.82) is 0 Å². The summed E-state index contributed by atoms with van der Waals surface area (Å²) in [4.78, 5) is 2.45. The van der Waals surface area contributed by atoms with Crippen LogP contribution in [0.15, 0.2) is 72.3 Å². The Morgan fingerprint density at radius 2 is 1.60 bits per heavy atom. The summed E-state index contributed by atoms with van der Waals surface area (Å²) in [6, 6.07) is 20.0. The molecule has 1 heterocycles. The van der Waals surface area contributed by atoms with Crippen LogP contribution in [-0.4, -0.2) is 37.0 Å². The van der Waals surface area contributed by atoms with Gasteiger partial charge < -0.3 is 9.30 Å². The largest absolute Gasteiger partial charge is 0.361 e. The van der Waals surface area contributed by atoms with E-state index in [1.807, 2.05) is 60.7 Å². The van der Waals surface area contributed by atoms with Crippen molar-refractivity contribution in [2.45, 2.75) is 33.4 Å². The van der Waals surface area contributed by atoms with Crippen LogP contribution in [0.1, 0.15) is 27.2 Å². The molecule has 0 amide bonds. The molecule has 2 aromatic rings. The van der Waals surface area contributed by atoms with Gasteiger partial charge in [-0.2, -0.15) is 0 Å². The summed E-state index contributed by atoms with van der Waals surface area (Å²) in [5, 5.41) is 1.90. The summed E-state index contributed by atoms with van der Waals surface area (Å²) in [5.41, 5.74) is 1.49. The molecule has 0 spiro atoms. The lowest BCUT2D eigenvalue weighted by Crippen LogP contribution is -2.44. The normalized spacial score (nSPS) is 27.8. The smallest absolute Gasteiger partial charge is 0.144 e. The zero-order valence-corrected chi connectivity index (χ0v) is 19.3. The highest BCUT2D eigenvalue weighted by atomic mass is 31.2. The molecule has 1 saturated heterocycles. The van der Waals surface area contributed by atoms with Crippen molar-refractivity contribution < 1.29 is 9.30 Å². The van der Waals surface area contributed by atoms with Crippen molar-refractivity contribution in [3.05, 3.63) is 72.3 Å². The number of allylic oxidation sites excluding steroid dienone is 2. The van der Waals surface area contributed by atoms with Gasteiger partial charge in [0, 0.05) is 35.8 Å². The maximum Gasteiger partial charge on any atom is 0.144 e. The molecule has 2 aromatic carbocycles. The van der Waals surface area contributed by atoms with Crippen molar-refractivity contribution in [1.82, 2.24) is 4.90 Å². The van der Waals surface area contributed by atoms with E-state index < -0.39 is 7.14 Å². The molecular weight excluding hydrogens is 389 g/mol. The summed E-state index contributed by atoms with van der Waals surface area (Å²) in [7, 11) is -2.69. The third kappa shape index (κ3) is 4.35. The molecule has 0 unspecified atom stereocenters. The third-order valence-corrected chi connectivity index (χ3v) is 9.95. The number of hydrogen-bond acceptors (Lipinski definition) is 3. The van der Waals surface area contributed by atoms with E-state index in [4.69, 9.17) is 4.74 Å². The quantitative estimate of drug-likeness (QED) is 0.489. The number of rotatable bonds is 6. The molecule has 0 saturated carbocycles. The zero-order chi connectivity index (χ0) is 21.1. The second kappa shape index (κ2) is 9.22. The minimum Gasteiger partial charge on any atom is -0.361 e. The molecule has 1 aliphatic carbocycles. The molecule has 0 radical (unpaired) electrons. The SMILES string of the molecule is CC1=C[C@@H](C)[C@@H]([C@@H]2OCCN2CCP(=O)(c2ccccc2)c2ccccc2)[C@H](C)C1. The molecule has 4 rings (SSSR count). The van der Waals surface area contributed by atoms with Crippen molar-refractivity contribution >= 4 is 17.8 Å². The second-order valence-corrected chi connectivity index (χ2v) is 12.0. The van der Waals surface area contributed by atoms with E-state index in [9.17, 15) is 4.57 Å². The minimum atomic E-state index is -2.69. The monoisotopic (exact) mass is 423 g/mol. The maximum absolute atomic E-state index is 14.4. The molecule has 1 fully saturated rings. The number of nitrogens with zero attached hydrogens (tertiary/aromatic N) is 1. The van der Waals surface area contributed by atoms with Gasteiger partial charge in [-0.1, -0.05) is 86.2 Å². The molecule has 30 heavy (non-hydrogen) atoms. The first-order valence-electron chi connectivity index (χ1n) is 11.2. The highest BCUT2D eigenvalue weighted by Gasteiger charge is 2.40. The van der Waals surface area contributed by atoms with E-state index in [1.165, 1.54) is 5.57 Å². The van der Waals surface area contributed by atoms with Crippen LogP contribution in [0, 0.1) is 17.8 Å². The van der Waals surface area contributed by atoms with Gasteiger partial charge in [0.25, 0.3) is 0 Å². The van der Waals surface area contributed by atoms with Gasteiger partial charge in [0.2, 0.25) is 0 Å². The molecule has 3 nitrogen and oxygen atoms in total. The number of hydrogen-bond donors (Lipinski definition) is 0. The zero-order valence-electron chi connectivity index (χ0n) is 18.4. The summed E-state index contributed by atoms with van der Waals surface area (Å²) in [5.74, 6) is 1.60. The van der Waals surface area contributed by atoms with E-state index in [0.29, 0.717) is 23.9 Å². The molecule has 4 atom stereocenters. The molecule has 1 aliphatic heterocycles. The Bertz CT molecular complexity index is 868. The maximum atomic E-state index is 14.4. The van der Waals surface area contributed by atoms with Gasteiger partial charge in [-0.15, -0.1) is 0 Å². The van der Waals surface area contributed by atoms with Crippen LogP contribution in [0.2, 0.25) is 0 Å². The fourth-order valence-corrected chi connectivity index (χ4v) is 8.12. The van der Waals surface area contributed by atoms with Crippen LogP contribution in [0.5, 0.6) is 0 Å². The Morgan fingerprint density at radius 3 is 2.17 bits per heavy atom. The fraction of sp³-hybridized carbons (Fsp3) is 0.462. The highest BCUT2D eigenvalue weighted by Crippen LogP contribution is 2.44. The standard InChI is InChI=1S/C26H34NO2P/c1-20-18-21(2)25(22(3)19-20)26-27(14-16-29-26)15-17-30(28,23-10-6-4-7-11-23)24-12-8-5-9-13-24/h4-13,18,21-22,25-26H,14-17,19H2,1-3H3/t21-,22-,25-,26+/m1/s1. The van der Waals surface area contributed by atoms with Crippen LogP contribution in [0.4, 0.5) is 0 Å². The predicted octanol–water partition coefficient (Wildman–Crippen LogP) is 4.90. The average molecular weight is 424 g/mol. The molecule has 0 bridgehead atoms. The van der Waals surface area contributed by atoms with E-state index in [1.54, 1.807) is 0 Å². The van der Waals surface area contributed by atoms with Gasteiger partial charge in [0.1, 0.15) is 13.4 Å². The van der Waals surface area contributed by atoms with Crippen LogP contribution >= 0.6 is 7.14 Å². The lowest BCUT2D eigenvalue weighted by molar-refractivity contribution is -0.0450. The summed E-state index contributed by atoms with van der Waals surface area (Å²) < 4.78 is 20.6. The van der Waals surface area contributed by atoms with Gasteiger partial charge in [-0.05, 0) is 25.2 Å². The second-order valence-electron chi connectivity index (χ2n) is 9.06. The van der Waals surface area contributed by atoms with Gasteiger partial charge in [-0.25, -0.2) is 0 Å². The van der Waals surface area contributed by atoms with E-state index in [0.717, 1.165) is 36.7 Å². The predicted molar refractivity (Wildman–Crippen MR) is 126 cm³/mol. The number of benzene rings is 2. The Morgan fingerprint density at radius 1 is 1.00 bits per heavy atom. The minimum absolute atomic E-state index is 0.124. The summed E-state index contributed by atoms with van der Waals surface area (Å²) in [6.07, 6.45) is 4.34. The Hall–Kier alpha value is -1.67. The van der Waals surface area contributed by atoms with E-state index in [2.05, 4.69) is 31.7 Å². The van der Waals surface area contributed by atoms with Crippen LogP contribution in [0.25, 0.3) is 0 Å². The molecule has 4 heteroatoms. The van der Waals surface area contributed by atoms with Crippen molar-refractivity contribution in [2.75, 3.05) is 25.9 Å². The highest BCUT2D eigenvalue weighted by molar-refractivity contribution is 7.78. The molecule has 2 aliphatic rings. The molecular formula is C26H34NO2P. The van der Waals surface area contributed by atoms with Gasteiger partial charge in [-0.3, -0.25) is 4.90 Å². The van der Waals surface area contributed by atoms with Gasteiger partial charge >= 0.3 is 0 Å². The molecule has 0 N–H and O–H groups in total. The van der Waals surface area contributed by atoms with Crippen LogP contribution in [0.3, 0.4) is 0 Å². The summed E-state index contributed by atoms with van der Waals surface area (Å²) in [6.45, 7) is 9.41.